The lowest BCUT2D eigenvalue weighted by Crippen LogP contribution is -2.53. The summed E-state index contributed by atoms with van der Waals surface area (Å²) in [5.74, 6) is -1.02. The van der Waals surface area contributed by atoms with Gasteiger partial charge in [0.1, 0.15) is 17.8 Å². The molecule has 4 aromatic heterocycles. The highest BCUT2D eigenvalue weighted by Crippen LogP contribution is 2.36. The second-order valence-electron chi connectivity index (χ2n) is 9.44. The van der Waals surface area contributed by atoms with Crippen LogP contribution in [0.5, 0.6) is 5.06 Å². The molecule has 3 atom stereocenters. The van der Waals surface area contributed by atoms with Crippen molar-refractivity contribution in [3.63, 3.8) is 0 Å². The van der Waals surface area contributed by atoms with E-state index in [0.717, 1.165) is 18.6 Å². The Morgan fingerprint density at radius 3 is 2.68 bits per heavy atom. The van der Waals surface area contributed by atoms with Gasteiger partial charge in [0, 0.05) is 39.5 Å². The van der Waals surface area contributed by atoms with Gasteiger partial charge in [-0.3, -0.25) is 19.4 Å². The number of amides is 2. The summed E-state index contributed by atoms with van der Waals surface area (Å²) in [6, 6.07) is 8.66. The lowest BCUT2D eigenvalue weighted by atomic mass is 10.1. The van der Waals surface area contributed by atoms with Crippen LogP contribution in [-0.2, 0) is 26.0 Å². The summed E-state index contributed by atoms with van der Waals surface area (Å²) in [7, 11) is -4.56. The Balaban J connectivity index is 1.20. The van der Waals surface area contributed by atoms with E-state index in [-0.39, 0.29) is 25.1 Å². The van der Waals surface area contributed by atoms with Gasteiger partial charge in [-0.15, -0.1) is 22.7 Å². The lowest BCUT2D eigenvalue weighted by molar-refractivity contribution is -0.138. The molecule has 212 valence electrons. The van der Waals surface area contributed by atoms with Crippen LogP contribution in [0, 0.1) is 0 Å². The quantitative estimate of drug-likeness (QED) is 0.328. The molecule has 2 aliphatic heterocycles. The third-order valence-corrected chi connectivity index (χ3v) is 11.5. The summed E-state index contributed by atoms with van der Waals surface area (Å²) < 4.78 is 34.7. The van der Waals surface area contributed by atoms with Gasteiger partial charge in [-0.1, -0.05) is 23.5 Å². The Morgan fingerprint density at radius 2 is 1.95 bits per heavy atom. The monoisotopic (exact) mass is 630 g/mol. The van der Waals surface area contributed by atoms with Crippen molar-refractivity contribution < 1.29 is 32.3 Å². The number of ether oxygens (including phenoxy) is 1. The van der Waals surface area contributed by atoms with Gasteiger partial charge >= 0.3 is 11.2 Å². The van der Waals surface area contributed by atoms with Gasteiger partial charge in [0.15, 0.2) is 10.8 Å². The number of carbonyl (C=O) groups excluding carboxylic acids is 4. The Labute approximate surface area is 246 Å². The largest absolute Gasteiger partial charge is 0.414 e. The average Bonchev–Trinajstić information content (AvgIpc) is 3.77. The highest BCUT2D eigenvalue weighted by molar-refractivity contribution is 8.04. The number of rotatable bonds is 7. The first-order chi connectivity index (χ1) is 19.7. The van der Waals surface area contributed by atoms with E-state index in [1.54, 1.807) is 12.1 Å². The standard InChI is InChI=1S/C26H22N4O7S4/c31-19-14-30(41(35,36)25(33)16-5-1-2-8-27-16)18-6-9-29(23(18)19)24(32)17(12-15-4-3-10-38-15)28-26(34)37-22-13-21-20(40-22)7-11-39-21/h1-5,7-8,10-11,13,17-18,23H,6,9,12,14H2,(H,28,34). The zero-order valence-electron chi connectivity index (χ0n) is 21.2. The number of aromatic nitrogens is 1. The third-order valence-electron chi connectivity index (χ3n) is 6.96. The number of likely N-dealkylation sites (tertiary alicyclic amines) is 1. The van der Waals surface area contributed by atoms with Crippen molar-refractivity contribution in [2.45, 2.75) is 31.0 Å². The molecule has 2 amide bonds. The first-order valence-electron chi connectivity index (χ1n) is 12.5. The fraction of sp³-hybridized carbons (Fsp3) is 0.269. The molecule has 3 unspecified atom stereocenters. The zero-order valence-corrected chi connectivity index (χ0v) is 24.4. The van der Waals surface area contributed by atoms with Crippen molar-refractivity contribution in [1.82, 2.24) is 19.5 Å². The van der Waals surface area contributed by atoms with Crippen LogP contribution in [0.15, 0.2) is 59.4 Å². The smallest absolute Gasteiger partial charge is 0.399 e. The van der Waals surface area contributed by atoms with Crippen molar-refractivity contribution in [1.29, 1.82) is 0 Å². The summed E-state index contributed by atoms with van der Waals surface area (Å²) in [5, 5.41) is 5.62. The molecule has 1 N–H and O–H groups in total. The molecule has 0 aliphatic carbocycles. The third kappa shape index (κ3) is 5.30. The summed E-state index contributed by atoms with van der Waals surface area (Å²) in [5.41, 5.74) is -0.251. The van der Waals surface area contributed by atoms with Crippen LogP contribution in [0.3, 0.4) is 0 Å². The minimum absolute atomic E-state index is 0.0859. The van der Waals surface area contributed by atoms with E-state index >= 15 is 0 Å². The Kier molecular flexibility index (Phi) is 7.46. The van der Waals surface area contributed by atoms with E-state index in [2.05, 4.69) is 10.3 Å². The Morgan fingerprint density at radius 1 is 1.10 bits per heavy atom. The maximum atomic E-state index is 13.8. The number of fused-ring (bicyclic) bond motifs is 2. The van der Waals surface area contributed by atoms with Gasteiger partial charge in [-0.05, 0) is 41.4 Å². The molecule has 2 saturated heterocycles. The molecule has 0 radical (unpaired) electrons. The summed E-state index contributed by atoms with van der Waals surface area (Å²) >= 11 is 4.24. The summed E-state index contributed by atoms with van der Waals surface area (Å²) in [6.45, 7) is -0.441. The maximum Gasteiger partial charge on any atom is 0.414 e. The zero-order chi connectivity index (χ0) is 28.7. The van der Waals surface area contributed by atoms with E-state index < -0.39 is 57.6 Å². The van der Waals surface area contributed by atoms with Crippen LogP contribution < -0.4 is 10.1 Å². The molecule has 6 heterocycles. The van der Waals surface area contributed by atoms with Crippen molar-refractivity contribution in [2.24, 2.45) is 0 Å². The average molecular weight is 631 g/mol. The van der Waals surface area contributed by atoms with Gasteiger partial charge in [-0.2, -0.15) is 4.31 Å². The molecule has 0 saturated carbocycles. The number of nitrogens with one attached hydrogen (secondary N) is 1. The van der Waals surface area contributed by atoms with Crippen LogP contribution in [0.2, 0.25) is 0 Å². The van der Waals surface area contributed by atoms with Crippen LogP contribution in [0.25, 0.3) is 9.40 Å². The van der Waals surface area contributed by atoms with Crippen LogP contribution in [-0.4, -0.2) is 76.7 Å². The van der Waals surface area contributed by atoms with Gasteiger partial charge in [0.25, 0.3) is 10.0 Å². The number of pyridine rings is 1. The lowest BCUT2D eigenvalue weighted by Gasteiger charge is -2.27. The van der Waals surface area contributed by atoms with Crippen molar-refractivity contribution in [3.8, 4) is 5.06 Å². The van der Waals surface area contributed by atoms with E-state index in [4.69, 9.17) is 4.74 Å². The number of carbonyl (C=O) groups is 4. The fourth-order valence-corrected chi connectivity index (χ4v) is 9.32. The number of Topliss-reactive ketones (excluding diaryl/α,β-unsaturated/α-hetero) is 1. The number of ketones is 1. The SMILES string of the molecule is O=C(NC(Cc1cccs1)C(=O)N1CCC2C1C(=O)CN2S(=O)(=O)C(=O)c1ccccn1)Oc1cc2sccc2s1. The Hall–Kier alpha value is -3.50. The summed E-state index contributed by atoms with van der Waals surface area (Å²) in [4.78, 5) is 58.6. The molecule has 6 rings (SSSR count). The normalized spacial score (nSPS) is 19.8. The highest BCUT2D eigenvalue weighted by Gasteiger charge is 2.55. The van der Waals surface area contributed by atoms with Crippen LogP contribution >= 0.6 is 34.0 Å². The first kappa shape index (κ1) is 27.7. The molecule has 2 fully saturated rings. The van der Waals surface area contributed by atoms with E-state index in [1.807, 2.05) is 29.0 Å². The van der Waals surface area contributed by atoms with E-state index in [9.17, 15) is 27.6 Å². The first-order valence-corrected chi connectivity index (χ1v) is 16.5. The highest BCUT2D eigenvalue weighted by atomic mass is 32.2. The molecule has 2 aliphatic rings. The molecule has 15 heteroatoms. The number of hydrogen-bond acceptors (Lipinski definition) is 11. The fourth-order valence-electron chi connectivity index (χ4n) is 5.15. The van der Waals surface area contributed by atoms with Crippen molar-refractivity contribution >= 4 is 76.3 Å². The molecular weight excluding hydrogens is 609 g/mol. The van der Waals surface area contributed by atoms with Gasteiger partial charge in [-0.25, -0.2) is 13.2 Å². The summed E-state index contributed by atoms with van der Waals surface area (Å²) in [6.07, 6.45) is 0.822. The molecule has 0 aromatic carbocycles. The predicted octanol–water partition coefficient (Wildman–Crippen LogP) is 3.14. The second kappa shape index (κ2) is 11.1. The predicted molar refractivity (Wildman–Crippen MR) is 154 cm³/mol. The topological polar surface area (TPSA) is 143 Å². The minimum Gasteiger partial charge on any atom is -0.399 e. The number of nitrogens with zero attached hydrogens (tertiary/aromatic N) is 3. The van der Waals surface area contributed by atoms with E-state index in [0.29, 0.717) is 5.06 Å². The molecule has 4 aromatic rings. The van der Waals surface area contributed by atoms with Crippen molar-refractivity contribution in [2.75, 3.05) is 13.1 Å². The van der Waals surface area contributed by atoms with E-state index in [1.165, 1.54) is 57.2 Å². The number of sulfonamides is 1. The maximum absolute atomic E-state index is 13.8. The number of thiophene rings is 3. The number of hydrogen-bond donors (Lipinski definition) is 1. The second-order valence-corrected chi connectivity index (χ2v) is 14.3. The van der Waals surface area contributed by atoms with Crippen LogP contribution in [0.1, 0.15) is 21.8 Å². The molecular formula is C26H22N4O7S4. The minimum atomic E-state index is -4.56. The van der Waals surface area contributed by atoms with Crippen molar-refractivity contribution in [3.05, 3.63) is 70.0 Å². The Bertz CT molecular complexity index is 1700. The molecule has 41 heavy (non-hydrogen) atoms. The van der Waals surface area contributed by atoms with Crippen LogP contribution in [0.4, 0.5) is 4.79 Å². The van der Waals surface area contributed by atoms with Gasteiger partial charge < -0.3 is 15.0 Å². The molecule has 0 bridgehead atoms. The molecule has 0 spiro atoms. The van der Waals surface area contributed by atoms with Gasteiger partial charge in [0.05, 0.1) is 12.6 Å². The molecule has 11 nitrogen and oxygen atoms in total. The van der Waals surface area contributed by atoms with Gasteiger partial charge in [0.2, 0.25) is 5.91 Å².